The molecule has 0 unspecified atom stereocenters. The van der Waals surface area contributed by atoms with Crippen LogP contribution in [-0.4, -0.2) is 22.3 Å². The SMILES string of the molecule is CC1CCC(N[C@@H](C)Cc2ccc(O)c(O)c2)CC1. The lowest BCUT2D eigenvalue weighted by atomic mass is 9.87. The maximum atomic E-state index is 9.49. The van der Waals surface area contributed by atoms with Gasteiger partial charge in [0.1, 0.15) is 0 Å². The third-order valence-electron chi connectivity index (χ3n) is 4.12. The quantitative estimate of drug-likeness (QED) is 0.731. The highest BCUT2D eigenvalue weighted by atomic mass is 16.3. The molecule has 0 heterocycles. The van der Waals surface area contributed by atoms with E-state index in [2.05, 4.69) is 19.2 Å². The van der Waals surface area contributed by atoms with Crippen LogP contribution in [0.5, 0.6) is 11.5 Å². The predicted molar refractivity (Wildman–Crippen MR) is 77.5 cm³/mol. The second-order valence-corrected chi connectivity index (χ2v) is 6.05. The van der Waals surface area contributed by atoms with Gasteiger partial charge >= 0.3 is 0 Å². The van der Waals surface area contributed by atoms with Crippen molar-refractivity contribution in [1.29, 1.82) is 0 Å². The zero-order chi connectivity index (χ0) is 13.8. The third kappa shape index (κ3) is 4.13. The van der Waals surface area contributed by atoms with Gasteiger partial charge in [-0.05, 0) is 62.6 Å². The van der Waals surface area contributed by atoms with Gasteiger partial charge in [0.2, 0.25) is 0 Å². The summed E-state index contributed by atoms with van der Waals surface area (Å²) < 4.78 is 0. The number of benzene rings is 1. The van der Waals surface area contributed by atoms with Crippen LogP contribution in [0, 0.1) is 5.92 Å². The number of phenolic OH excluding ortho intramolecular Hbond substituents is 2. The van der Waals surface area contributed by atoms with Gasteiger partial charge in [-0.1, -0.05) is 13.0 Å². The van der Waals surface area contributed by atoms with Crippen LogP contribution in [0.3, 0.4) is 0 Å². The summed E-state index contributed by atoms with van der Waals surface area (Å²) in [4.78, 5) is 0. The Hall–Kier alpha value is -1.22. The Labute approximate surface area is 115 Å². The molecule has 1 aliphatic carbocycles. The van der Waals surface area contributed by atoms with Crippen LogP contribution < -0.4 is 5.32 Å². The summed E-state index contributed by atoms with van der Waals surface area (Å²) in [5.74, 6) is 0.796. The van der Waals surface area contributed by atoms with Crippen molar-refractivity contribution in [3.63, 3.8) is 0 Å². The van der Waals surface area contributed by atoms with Gasteiger partial charge in [-0.25, -0.2) is 0 Å². The Morgan fingerprint density at radius 3 is 2.47 bits per heavy atom. The van der Waals surface area contributed by atoms with Crippen molar-refractivity contribution in [2.75, 3.05) is 0 Å². The lowest BCUT2D eigenvalue weighted by Gasteiger charge is -2.29. The molecule has 1 aromatic carbocycles. The molecule has 1 atom stereocenters. The molecule has 0 aliphatic heterocycles. The van der Waals surface area contributed by atoms with Crippen molar-refractivity contribution in [1.82, 2.24) is 5.32 Å². The molecule has 0 bridgehead atoms. The Morgan fingerprint density at radius 2 is 1.84 bits per heavy atom. The maximum absolute atomic E-state index is 9.49. The molecule has 0 saturated heterocycles. The average Bonchev–Trinajstić information content (AvgIpc) is 2.37. The second kappa shape index (κ2) is 6.29. The van der Waals surface area contributed by atoms with E-state index in [9.17, 15) is 10.2 Å². The van der Waals surface area contributed by atoms with Gasteiger partial charge in [-0.3, -0.25) is 0 Å². The minimum Gasteiger partial charge on any atom is -0.504 e. The molecule has 0 spiro atoms. The first kappa shape index (κ1) is 14.2. The highest BCUT2D eigenvalue weighted by Crippen LogP contribution is 2.26. The number of hydrogen-bond donors (Lipinski definition) is 3. The van der Waals surface area contributed by atoms with Crippen molar-refractivity contribution >= 4 is 0 Å². The second-order valence-electron chi connectivity index (χ2n) is 6.05. The number of rotatable bonds is 4. The summed E-state index contributed by atoms with van der Waals surface area (Å²) in [7, 11) is 0. The van der Waals surface area contributed by atoms with E-state index in [1.165, 1.54) is 25.7 Å². The minimum atomic E-state index is -0.0503. The van der Waals surface area contributed by atoms with Crippen LogP contribution in [0.25, 0.3) is 0 Å². The summed E-state index contributed by atoms with van der Waals surface area (Å²) in [5, 5.41) is 22.5. The first-order valence-corrected chi connectivity index (χ1v) is 7.31. The highest BCUT2D eigenvalue weighted by molar-refractivity contribution is 5.40. The molecule has 0 aromatic heterocycles. The summed E-state index contributed by atoms with van der Waals surface area (Å²) in [6, 6.07) is 6.10. The summed E-state index contributed by atoms with van der Waals surface area (Å²) in [6.07, 6.45) is 6.06. The lowest BCUT2D eigenvalue weighted by molar-refractivity contribution is 0.290. The lowest BCUT2D eigenvalue weighted by Crippen LogP contribution is -2.39. The Balaban J connectivity index is 1.83. The molecule has 19 heavy (non-hydrogen) atoms. The largest absolute Gasteiger partial charge is 0.504 e. The van der Waals surface area contributed by atoms with Gasteiger partial charge in [-0.2, -0.15) is 0 Å². The number of nitrogens with one attached hydrogen (secondary N) is 1. The topological polar surface area (TPSA) is 52.5 Å². The first-order valence-electron chi connectivity index (χ1n) is 7.31. The van der Waals surface area contributed by atoms with Crippen LogP contribution >= 0.6 is 0 Å². The fraction of sp³-hybridized carbons (Fsp3) is 0.625. The molecule has 106 valence electrons. The van der Waals surface area contributed by atoms with E-state index in [1.54, 1.807) is 12.1 Å². The third-order valence-corrected chi connectivity index (χ3v) is 4.12. The number of phenols is 2. The van der Waals surface area contributed by atoms with Crippen LogP contribution in [0.1, 0.15) is 45.1 Å². The van der Waals surface area contributed by atoms with E-state index in [1.807, 2.05) is 6.07 Å². The van der Waals surface area contributed by atoms with E-state index in [4.69, 9.17) is 0 Å². The van der Waals surface area contributed by atoms with Crippen molar-refractivity contribution in [2.24, 2.45) is 5.92 Å². The van der Waals surface area contributed by atoms with Gasteiger partial charge in [-0.15, -0.1) is 0 Å². The van der Waals surface area contributed by atoms with Crippen LogP contribution in [0.15, 0.2) is 18.2 Å². The number of aromatic hydroxyl groups is 2. The van der Waals surface area contributed by atoms with Gasteiger partial charge in [0.15, 0.2) is 11.5 Å². The fourth-order valence-corrected chi connectivity index (χ4v) is 2.94. The van der Waals surface area contributed by atoms with Crippen molar-refractivity contribution < 1.29 is 10.2 Å². The van der Waals surface area contributed by atoms with Crippen LogP contribution in [0.2, 0.25) is 0 Å². The maximum Gasteiger partial charge on any atom is 0.157 e. The van der Waals surface area contributed by atoms with E-state index < -0.39 is 0 Å². The molecule has 1 fully saturated rings. The van der Waals surface area contributed by atoms with E-state index in [0.717, 1.165) is 17.9 Å². The Bertz CT molecular complexity index is 411. The molecular formula is C16H25NO2. The number of hydrogen-bond acceptors (Lipinski definition) is 3. The normalized spacial score (nSPS) is 25.2. The highest BCUT2D eigenvalue weighted by Gasteiger charge is 2.19. The summed E-state index contributed by atoms with van der Waals surface area (Å²) >= 11 is 0. The zero-order valence-corrected chi connectivity index (χ0v) is 11.9. The standard InChI is InChI=1S/C16H25NO2/c1-11-3-6-14(7-4-11)17-12(2)9-13-5-8-15(18)16(19)10-13/h5,8,10-12,14,17-19H,3-4,6-7,9H2,1-2H3/t11?,12-,14?/m0/s1. The molecular weight excluding hydrogens is 238 g/mol. The molecule has 0 amide bonds. The molecule has 3 nitrogen and oxygen atoms in total. The molecule has 3 N–H and O–H groups in total. The molecule has 1 saturated carbocycles. The van der Waals surface area contributed by atoms with E-state index in [-0.39, 0.29) is 11.5 Å². The average molecular weight is 263 g/mol. The van der Waals surface area contributed by atoms with Crippen molar-refractivity contribution in [3.05, 3.63) is 23.8 Å². The molecule has 3 heteroatoms. The molecule has 0 radical (unpaired) electrons. The molecule has 1 aromatic rings. The van der Waals surface area contributed by atoms with E-state index in [0.29, 0.717) is 12.1 Å². The fourth-order valence-electron chi connectivity index (χ4n) is 2.94. The smallest absolute Gasteiger partial charge is 0.157 e. The van der Waals surface area contributed by atoms with Crippen molar-refractivity contribution in [3.8, 4) is 11.5 Å². The van der Waals surface area contributed by atoms with Crippen LogP contribution in [0.4, 0.5) is 0 Å². The Kier molecular flexibility index (Phi) is 4.70. The minimum absolute atomic E-state index is 0.0313. The van der Waals surface area contributed by atoms with Crippen molar-refractivity contribution in [2.45, 2.75) is 58.0 Å². The van der Waals surface area contributed by atoms with E-state index >= 15 is 0 Å². The van der Waals surface area contributed by atoms with Gasteiger partial charge in [0.05, 0.1) is 0 Å². The van der Waals surface area contributed by atoms with Gasteiger partial charge in [0, 0.05) is 12.1 Å². The van der Waals surface area contributed by atoms with Gasteiger partial charge in [0.25, 0.3) is 0 Å². The summed E-state index contributed by atoms with van der Waals surface area (Å²) in [6.45, 7) is 4.51. The first-order chi connectivity index (χ1) is 9.04. The predicted octanol–water partition coefficient (Wildman–Crippen LogP) is 3.20. The monoisotopic (exact) mass is 263 g/mol. The van der Waals surface area contributed by atoms with Crippen LogP contribution in [-0.2, 0) is 6.42 Å². The summed E-state index contributed by atoms with van der Waals surface area (Å²) in [5.41, 5.74) is 1.06. The molecule has 1 aliphatic rings. The molecule has 2 rings (SSSR count). The zero-order valence-electron chi connectivity index (χ0n) is 11.9. The van der Waals surface area contributed by atoms with Gasteiger partial charge < -0.3 is 15.5 Å². The Morgan fingerprint density at radius 1 is 1.16 bits per heavy atom.